The second kappa shape index (κ2) is 5.94. The summed E-state index contributed by atoms with van der Waals surface area (Å²) in [4.78, 5) is 0. The molecule has 0 atom stereocenters. The summed E-state index contributed by atoms with van der Waals surface area (Å²) in [5.74, 6) is 0.894. The van der Waals surface area contributed by atoms with Gasteiger partial charge < -0.3 is 10.1 Å². The van der Waals surface area contributed by atoms with Gasteiger partial charge in [-0.25, -0.2) is 0 Å². The maximum atomic E-state index is 6.54. The molecule has 18 heavy (non-hydrogen) atoms. The van der Waals surface area contributed by atoms with Gasteiger partial charge in [-0.3, -0.25) is 0 Å². The zero-order valence-corrected chi connectivity index (χ0v) is 12.3. The van der Waals surface area contributed by atoms with Crippen molar-refractivity contribution in [1.29, 1.82) is 0 Å². The molecule has 1 aliphatic carbocycles. The number of benzene rings is 1. The van der Waals surface area contributed by atoms with E-state index in [2.05, 4.69) is 12.2 Å². The predicted octanol–water partition coefficient (Wildman–Crippen LogP) is 3.30. The number of hydrogen-bond acceptors (Lipinski definition) is 2. The summed E-state index contributed by atoms with van der Waals surface area (Å²) in [6.45, 7) is 3.17. The Labute approximate surface area is 115 Å². The van der Waals surface area contributed by atoms with Crippen LogP contribution in [-0.2, 0) is 19.3 Å². The molecule has 0 spiro atoms. The van der Waals surface area contributed by atoms with Crippen molar-refractivity contribution >= 4 is 11.6 Å². The Balaban J connectivity index is 2.53. The average molecular weight is 268 g/mol. The molecule has 0 saturated carbocycles. The fraction of sp³-hybridized carbons (Fsp3) is 0.600. The first-order chi connectivity index (χ1) is 8.70. The van der Waals surface area contributed by atoms with Crippen LogP contribution in [0.25, 0.3) is 0 Å². The monoisotopic (exact) mass is 267 g/mol. The smallest absolute Gasteiger partial charge is 0.141 e. The second-order valence-corrected chi connectivity index (χ2v) is 5.35. The molecule has 0 aromatic heterocycles. The van der Waals surface area contributed by atoms with Gasteiger partial charge >= 0.3 is 0 Å². The van der Waals surface area contributed by atoms with E-state index in [9.17, 15) is 0 Å². The normalized spacial score (nSPS) is 14.4. The molecule has 0 amide bonds. The van der Waals surface area contributed by atoms with Crippen LogP contribution in [0.3, 0.4) is 0 Å². The maximum Gasteiger partial charge on any atom is 0.141 e. The standard InChI is InChI=1S/C15H22ClNO/c1-10-11-6-4-5-7-13(11)14(16)15(18-3)12(10)8-9-17-2/h17H,4-9H2,1-3H3. The number of methoxy groups -OCH3 is 1. The summed E-state index contributed by atoms with van der Waals surface area (Å²) in [7, 11) is 3.70. The first kappa shape index (κ1) is 13.7. The van der Waals surface area contributed by atoms with Crippen molar-refractivity contribution in [3.05, 3.63) is 27.3 Å². The van der Waals surface area contributed by atoms with Gasteiger partial charge in [0.05, 0.1) is 12.1 Å². The molecule has 1 aromatic carbocycles. The van der Waals surface area contributed by atoms with E-state index in [1.807, 2.05) is 7.05 Å². The van der Waals surface area contributed by atoms with Crippen molar-refractivity contribution in [3.8, 4) is 5.75 Å². The molecular formula is C15H22ClNO. The maximum absolute atomic E-state index is 6.54. The van der Waals surface area contributed by atoms with Crippen LogP contribution < -0.4 is 10.1 Å². The van der Waals surface area contributed by atoms with E-state index in [1.165, 1.54) is 35.1 Å². The topological polar surface area (TPSA) is 21.3 Å². The Bertz CT molecular complexity index is 443. The molecular weight excluding hydrogens is 246 g/mol. The molecule has 2 rings (SSSR count). The van der Waals surface area contributed by atoms with Crippen molar-refractivity contribution in [1.82, 2.24) is 5.32 Å². The summed E-state index contributed by atoms with van der Waals surface area (Å²) in [6, 6.07) is 0. The Morgan fingerprint density at radius 3 is 2.50 bits per heavy atom. The molecule has 1 aliphatic rings. The summed E-state index contributed by atoms with van der Waals surface area (Å²) < 4.78 is 5.56. The van der Waals surface area contributed by atoms with E-state index in [0.717, 1.165) is 36.6 Å². The van der Waals surface area contributed by atoms with Crippen LogP contribution in [0.1, 0.15) is 35.1 Å². The van der Waals surface area contributed by atoms with Crippen LogP contribution >= 0.6 is 11.6 Å². The third-order valence-corrected chi connectivity index (χ3v) is 4.34. The SMILES string of the molecule is CNCCc1c(C)c2c(c(Cl)c1OC)CCCC2. The van der Waals surface area contributed by atoms with Gasteiger partial charge in [-0.1, -0.05) is 11.6 Å². The lowest BCUT2D eigenvalue weighted by molar-refractivity contribution is 0.407. The minimum atomic E-state index is 0.851. The summed E-state index contributed by atoms with van der Waals surface area (Å²) in [6.07, 6.45) is 5.75. The van der Waals surface area contributed by atoms with Crippen LogP contribution in [0.2, 0.25) is 5.02 Å². The van der Waals surface area contributed by atoms with E-state index < -0.39 is 0 Å². The molecule has 0 fully saturated rings. The molecule has 2 nitrogen and oxygen atoms in total. The van der Waals surface area contributed by atoms with Gasteiger partial charge in [-0.2, -0.15) is 0 Å². The third-order valence-electron chi connectivity index (χ3n) is 3.94. The fourth-order valence-corrected chi connectivity index (χ4v) is 3.35. The Kier molecular flexibility index (Phi) is 4.52. The number of ether oxygens (including phenoxy) is 1. The van der Waals surface area contributed by atoms with Crippen LogP contribution in [-0.4, -0.2) is 20.7 Å². The van der Waals surface area contributed by atoms with Gasteiger partial charge in [0.25, 0.3) is 0 Å². The molecule has 100 valence electrons. The van der Waals surface area contributed by atoms with E-state index in [0.29, 0.717) is 0 Å². The Morgan fingerprint density at radius 2 is 1.89 bits per heavy atom. The highest BCUT2D eigenvalue weighted by Crippen LogP contribution is 2.40. The van der Waals surface area contributed by atoms with E-state index in [-0.39, 0.29) is 0 Å². The van der Waals surface area contributed by atoms with Crippen molar-refractivity contribution in [3.63, 3.8) is 0 Å². The highest BCUT2D eigenvalue weighted by Gasteiger charge is 2.22. The minimum absolute atomic E-state index is 0.851. The van der Waals surface area contributed by atoms with Crippen LogP contribution in [0.15, 0.2) is 0 Å². The van der Waals surface area contributed by atoms with Crippen molar-refractivity contribution in [2.75, 3.05) is 20.7 Å². The number of likely N-dealkylation sites (N-methyl/N-ethyl adjacent to an activating group) is 1. The first-order valence-electron chi connectivity index (χ1n) is 6.72. The highest BCUT2D eigenvalue weighted by molar-refractivity contribution is 6.33. The summed E-state index contributed by atoms with van der Waals surface area (Å²) >= 11 is 6.54. The average Bonchev–Trinajstić information content (AvgIpc) is 2.41. The molecule has 3 heteroatoms. The largest absolute Gasteiger partial charge is 0.495 e. The Morgan fingerprint density at radius 1 is 1.22 bits per heavy atom. The van der Waals surface area contributed by atoms with Gasteiger partial charge in [0.15, 0.2) is 0 Å². The Hall–Kier alpha value is -0.730. The van der Waals surface area contributed by atoms with E-state index in [4.69, 9.17) is 16.3 Å². The lowest BCUT2D eigenvalue weighted by Gasteiger charge is -2.25. The molecule has 1 N–H and O–H groups in total. The lowest BCUT2D eigenvalue weighted by Crippen LogP contribution is -2.15. The van der Waals surface area contributed by atoms with Gasteiger partial charge in [-0.15, -0.1) is 0 Å². The van der Waals surface area contributed by atoms with Crippen molar-refractivity contribution < 1.29 is 4.74 Å². The molecule has 0 heterocycles. The number of hydrogen-bond donors (Lipinski definition) is 1. The molecule has 1 aromatic rings. The minimum Gasteiger partial charge on any atom is -0.495 e. The molecule has 0 aliphatic heterocycles. The molecule has 0 bridgehead atoms. The van der Waals surface area contributed by atoms with Gasteiger partial charge in [0.2, 0.25) is 0 Å². The molecule has 0 saturated heterocycles. The quantitative estimate of drug-likeness (QED) is 0.904. The summed E-state index contributed by atoms with van der Waals surface area (Å²) in [5, 5.41) is 4.05. The highest BCUT2D eigenvalue weighted by atomic mass is 35.5. The number of fused-ring (bicyclic) bond motifs is 1. The number of halogens is 1. The van der Waals surface area contributed by atoms with Crippen LogP contribution in [0.4, 0.5) is 0 Å². The van der Waals surface area contributed by atoms with Crippen LogP contribution in [0, 0.1) is 6.92 Å². The van der Waals surface area contributed by atoms with Crippen molar-refractivity contribution in [2.24, 2.45) is 0 Å². The van der Waals surface area contributed by atoms with E-state index >= 15 is 0 Å². The third kappa shape index (κ3) is 2.36. The molecule has 0 radical (unpaired) electrons. The van der Waals surface area contributed by atoms with Gasteiger partial charge in [0.1, 0.15) is 5.75 Å². The summed E-state index contributed by atoms with van der Waals surface area (Å²) in [5.41, 5.74) is 5.46. The van der Waals surface area contributed by atoms with Crippen molar-refractivity contribution in [2.45, 2.75) is 39.0 Å². The zero-order valence-electron chi connectivity index (χ0n) is 11.5. The zero-order chi connectivity index (χ0) is 13.1. The van der Waals surface area contributed by atoms with Crippen LogP contribution in [0.5, 0.6) is 5.75 Å². The number of nitrogens with one attached hydrogen (secondary N) is 1. The van der Waals surface area contributed by atoms with E-state index in [1.54, 1.807) is 7.11 Å². The van der Waals surface area contributed by atoms with Gasteiger partial charge in [0, 0.05) is 5.56 Å². The molecule has 0 unspecified atom stereocenters. The van der Waals surface area contributed by atoms with Gasteiger partial charge in [-0.05, 0) is 69.3 Å². The predicted molar refractivity (Wildman–Crippen MR) is 77.0 cm³/mol. The fourth-order valence-electron chi connectivity index (χ4n) is 2.95. The lowest BCUT2D eigenvalue weighted by atomic mass is 9.85. The second-order valence-electron chi connectivity index (χ2n) is 4.97. The first-order valence-corrected chi connectivity index (χ1v) is 7.09. The number of rotatable bonds is 4.